The van der Waals surface area contributed by atoms with Crippen LogP contribution < -0.4 is 4.90 Å². The van der Waals surface area contributed by atoms with Crippen LogP contribution >= 0.6 is 15.9 Å². The Morgan fingerprint density at radius 2 is 2.21 bits per heavy atom. The van der Waals surface area contributed by atoms with Gasteiger partial charge in [0.05, 0.1) is 6.04 Å². The van der Waals surface area contributed by atoms with Crippen molar-refractivity contribution < 1.29 is 9.90 Å². The second-order valence-electron chi connectivity index (χ2n) is 4.83. The Kier molecular flexibility index (Phi) is 4.96. The monoisotopic (exact) mass is 326 g/mol. The average molecular weight is 327 g/mol. The minimum atomic E-state index is -0.230. The summed E-state index contributed by atoms with van der Waals surface area (Å²) in [5.41, 5.74) is 0.914. The van der Waals surface area contributed by atoms with Gasteiger partial charge in [0, 0.05) is 29.9 Å². The van der Waals surface area contributed by atoms with Gasteiger partial charge in [0.15, 0.2) is 0 Å². The van der Waals surface area contributed by atoms with Crippen LogP contribution in [0.2, 0.25) is 0 Å². The van der Waals surface area contributed by atoms with Gasteiger partial charge in [-0.3, -0.25) is 9.69 Å². The average Bonchev–Trinajstić information content (AvgIpc) is 2.52. The van der Waals surface area contributed by atoms with Crippen LogP contribution in [-0.4, -0.2) is 48.7 Å². The Labute approximate surface area is 122 Å². The summed E-state index contributed by atoms with van der Waals surface area (Å²) in [6, 6.07) is 7.56. The number of amides is 1. The van der Waals surface area contributed by atoms with E-state index < -0.39 is 0 Å². The highest BCUT2D eigenvalue weighted by Gasteiger charge is 2.30. The smallest absolute Gasteiger partial charge is 0.244 e. The number of aliphatic hydroxyl groups excluding tert-OH is 1. The van der Waals surface area contributed by atoms with Crippen molar-refractivity contribution in [2.75, 3.05) is 31.6 Å². The molecule has 0 saturated carbocycles. The number of hydrogen-bond acceptors (Lipinski definition) is 3. The molecule has 1 aliphatic heterocycles. The first-order valence-electron chi connectivity index (χ1n) is 6.51. The van der Waals surface area contributed by atoms with Gasteiger partial charge in [-0.25, -0.2) is 0 Å². The van der Waals surface area contributed by atoms with Gasteiger partial charge in [-0.05, 0) is 38.1 Å². The number of hydrogen-bond donors (Lipinski definition) is 1. The van der Waals surface area contributed by atoms with Gasteiger partial charge in [-0.2, -0.15) is 0 Å². The van der Waals surface area contributed by atoms with Crippen molar-refractivity contribution in [2.24, 2.45) is 0 Å². The van der Waals surface area contributed by atoms with Crippen molar-refractivity contribution >= 4 is 27.5 Å². The predicted octanol–water partition coefficient (Wildman–Crippen LogP) is 1.87. The maximum Gasteiger partial charge on any atom is 0.244 e. The molecule has 1 heterocycles. The van der Waals surface area contributed by atoms with Crippen LogP contribution in [0.25, 0.3) is 0 Å². The zero-order chi connectivity index (χ0) is 13.8. The molecule has 0 aliphatic carbocycles. The van der Waals surface area contributed by atoms with Crippen LogP contribution in [0.15, 0.2) is 28.7 Å². The SMILES string of the molecule is CN1CCCN(c2cccc(Br)c2)C(=O)C1CCO. The molecule has 1 N–H and O–H groups in total. The van der Waals surface area contributed by atoms with Gasteiger partial charge in [0.1, 0.15) is 0 Å². The molecular weight excluding hydrogens is 308 g/mol. The molecular formula is C14H19BrN2O2. The topological polar surface area (TPSA) is 43.8 Å². The number of benzene rings is 1. The molecule has 104 valence electrons. The van der Waals surface area contributed by atoms with E-state index in [-0.39, 0.29) is 18.6 Å². The first-order valence-corrected chi connectivity index (χ1v) is 7.31. The van der Waals surface area contributed by atoms with Crippen LogP contribution in [0, 0.1) is 0 Å². The third-order valence-electron chi connectivity index (χ3n) is 3.50. The number of aliphatic hydroxyl groups is 1. The molecule has 1 amide bonds. The molecule has 19 heavy (non-hydrogen) atoms. The fraction of sp³-hybridized carbons (Fsp3) is 0.500. The zero-order valence-corrected chi connectivity index (χ0v) is 12.6. The van der Waals surface area contributed by atoms with Crippen molar-refractivity contribution in [3.05, 3.63) is 28.7 Å². The van der Waals surface area contributed by atoms with Crippen molar-refractivity contribution in [3.8, 4) is 0 Å². The number of carbonyl (C=O) groups is 1. The van der Waals surface area contributed by atoms with E-state index in [4.69, 9.17) is 5.11 Å². The normalized spacial score (nSPS) is 21.5. The van der Waals surface area contributed by atoms with E-state index in [2.05, 4.69) is 15.9 Å². The molecule has 4 nitrogen and oxygen atoms in total. The number of rotatable bonds is 3. The standard InChI is InChI=1S/C14H19BrN2O2/c1-16-7-3-8-17(14(19)13(16)6-9-18)12-5-2-4-11(15)10-12/h2,4-5,10,13,18H,3,6-9H2,1H3. The fourth-order valence-electron chi connectivity index (χ4n) is 2.48. The molecule has 1 aromatic rings. The number of nitrogens with zero attached hydrogens (tertiary/aromatic N) is 2. The van der Waals surface area contributed by atoms with Gasteiger partial charge in [0.2, 0.25) is 5.91 Å². The highest BCUT2D eigenvalue weighted by Crippen LogP contribution is 2.23. The predicted molar refractivity (Wildman–Crippen MR) is 79.2 cm³/mol. The molecule has 1 saturated heterocycles. The molecule has 2 rings (SSSR count). The fourth-order valence-corrected chi connectivity index (χ4v) is 2.87. The van der Waals surface area contributed by atoms with E-state index in [9.17, 15) is 4.79 Å². The van der Waals surface area contributed by atoms with Crippen LogP contribution in [0.4, 0.5) is 5.69 Å². The third-order valence-corrected chi connectivity index (χ3v) is 3.99. The third kappa shape index (κ3) is 3.35. The lowest BCUT2D eigenvalue weighted by Crippen LogP contribution is -2.45. The summed E-state index contributed by atoms with van der Waals surface area (Å²) in [6.07, 6.45) is 1.43. The Bertz CT molecular complexity index is 453. The van der Waals surface area contributed by atoms with Crippen molar-refractivity contribution in [1.82, 2.24) is 4.90 Å². The summed E-state index contributed by atoms with van der Waals surface area (Å²) in [5.74, 6) is 0.0761. The Morgan fingerprint density at radius 1 is 1.42 bits per heavy atom. The molecule has 1 aliphatic rings. The minimum absolute atomic E-state index is 0.0348. The lowest BCUT2D eigenvalue weighted by Gasteiger charge is -2.27. The maximum absolute atomic E-state index is 12.6. The quantitative estimate of drug-likeness (QED) is 0.922. The molecule has 5 heteroatoms. The van der Waals surface area contributed by atoms with Crippen molar-refractivity contribution in [3.63, 3.8) is 0 Å². The summed E-state index contributed by atoms with van der Waals surface area (Å²) in [7, 11) is 1.95. The summed E-state index contributed by atoms with van der Waals surface area (Å²) in [5, 5.41) is 9.14. The second-order valence-corrected chi connectivity index (χ2v) is 5.75. The van der Waals surface area contributed by atoms with E-state index in [0.29, 0.717) is 6.42 Å². The van der Waals surface area contributed by atoms with Crippen molar-refractivity contribution in [1.29, 1.82) is 0 Å². The van der Waals surface area contributed by atoms with E-state index >= 15 is 0 Å². The Morgan fingerprint density at radius 3 is 2.89 bits per heavy atom. The van der Waals surface area contributed by atoms with Crippen LogP contribution in [-0.2, 0) is 4.79 Å². The molecule has 1 unspecified atom stereocenters. The van der Waals surface area contributed by atoms with Gasteiger partial charge in [0.25, 0.3) is 0 Å². The molecule has 0 aromatic heterocycles. The first-order chi connectivity index (χ1) is 9.13. The highest BCUT2D eigenvalue weighted by atomic mass is 79.9. The molecule has 1 fully saturated rings. The second kappa shape index (κ2) is 6.50. The van der Waals surface area contributed by atoms with Crippen molar-refractivity contribution in [2.45, 2.75) is 18.9 Å². The summed E-state index contributed by atoms with van der Waals surface area (Å²) in [6.45, 7) is 1.63. The largest absolute Gasteiger partial charge is 0.396 e. The molecule has 0 bridgehead atoms. The number of halogens is 1. The van der Waals surface area contributed by atoms with E-state index in [1.165, 1.54) is 0 Å². The van der Waals surface area contributed by atoms with E-state index in [1.54, 1.807) is 0 Å². The van der Waals surface area contributed by atoms with Gasteiger partial charge < -0.3 is 10.0 Å². The lowest BCUT2D eigenvalue weighted by atomic mass is 10.1. The first kappa shape index (κ1) is 14.5. The van der Waals surface area contributed by atoms with Crippen LogP contribution in [0.3, 0.4) is 0 Å². The molecule has 0 radical (unpaired) electrons. The van der Waals surface area contributed by atoms with E-state index in [1.807, 2.05) is 41.1 Å². The summed E-state index contributed by atoms with van der Waals surface area (Å²) in [4.78, 5) is 16.5. The van der Waals surface area contributed by atoms with Gasteiger partial charge in [-0.1, -0.05) is 22.0 Å². The van der Waals surface area contributed by atoms with Gasteiger partial charge in [-0.15, -0.1) is 0 Å². The summed E-state index contributed by atoms with van der Waals surface area (Å²) >= 11 is 3.44. The van der Waals surface area contributed by atoms with E-state index in [0.717, 1.165) is 29.7 Å². The van der Waals surface area contributed by atoms with Crippen LogP contribution in [0.5, 0.6) is 0 Å². The maximum atomic E-state index is 12.6. The number of carbonyl (C=O) groups excluding carboxylic acids is 1. The zero-order valence-electron chi connectivity index (χ0n) is 11.1. The summed E-state index contributed by atoms with van der Waals surface area (Å²) < 4.78 is 0.967. The number of likely N-dealkylation sites (N-methyl/N-ethyl adjacent to an activating group) is 1. The molecule has 1 aromatic carbocycles. The lowest BCUT2D eigenvalue weighted by molar-refractivity contribution is -0.123. The minimum Gasteiger partial charge on any atom is -0.396 e. The van der Waals surface area contributed by atoms with Crippen LogP contribution in [0.1, 0.15) is 12.8 Å². The Hall–Kier alpha value is -0.910. The highest BCUT2D eigenvalue weighted by molar-refractivity contribution is 9.10. The molecule has 1 atom stereocenters. The molecule has 0 spiro atoms. The Balaban J connectivity index is 2.26. The number of anilines is 1. The van der Waals surface area contributed by atoms with Gasteiger partial charge >= 0.3 is 0 Å².